The summed E-state index contributed by atoms with van der Waals surface area (Å²) in [7, 11) is 0. The Labute approximate surface area is 139 Å². The highest BCUT2D eigenvalue weighted by molar-refractivity contribution is 6.33. The Balaban J connectivity index is 1.82. The van der Waals surface area contributed by atoms with E-state index in [-0.39, 0.29) is 23.7 Å². The van der Waals surface area contributed by atoms with Crippen LogP contribution >= 0.6 is 11.6 Å². The quantitative estimate of drug-likeness (QED) is 0.623. The zero-order valence-electron chi connectivity index (χ0n) is 13.4. The Morgan fingerprint density at radius 3 is 2.83 bits per heavy atom. The molecule has 1 aliphatic carbocycles. The summed E-state index contributed by atoms with van der Waals surface area (Å²) in [5.74, 6) is -0.610. The smallest absolute Gasteiger partial charge is 0.165 e. The van der Waals surface area contributed by atoms with Crippen LogP contribution < -0.4 is 0 Å². The van der Waals surface area contributed by atoms with Crippen molar-refractivity contribution < 1.29 is 9.47 Å². The lowest BCUT2D eigenvalue weighted by Crippen LogP contribution is -2.31. The number of nitrogens with zero attached hydrogens (tertiary/aromatic N) is 4. The number of aromatic nitrogens is 4. The van der Waals surface area contributed by atoms with Crippen molar-refractivity contribution in [3.63, 3.8) is 0 Å². The Morgan fingerprint density at radius 2 is 2.09 bits per heavy atom. The van der Waals surface area contributed by atoms with Gasteiger partial charge in [0.05, 0.1) is 18.5 Å². The van der Waals surface area contributed by atoms with Crippen LogP contribution in [-0.4, -0.2) is 37.5 Å². The lowest BCUT2D eigenvalue weighted by molar-refractivity contribution is -0.164. The SMILES string of the molecule is C=C[C@@]1(C)C[C@@H](n2cnc3c(Cl)ncnc32)[C@@H]2OC(C)(C)O[C@@H]21. The van der Waals surface area contributed by atoms with Crippen LogP contribution in [0.2, 0.25) is 5.15 Å². The van der Waals surface area contributed by atoms with Crippen LogP contribution in [-0.2, 0) is 9.47 Å². The van der Waals surface area contributed by atoms with Gasteiger partial charge in [0.25, 0.3) is 0 Å². The predicted octanol–water partition coefficient (Wildman–Crippen LogP) is 3.14. The summed E-state index contributed by atoms with van der Waals surface area (Å²) < 4.78 is 14.4. The topological polar surface area (TPSA) is 62.1 Å². The second-order valence-electron chi connectivity index (χ2n) is 6.99. The molecule has 1 saturated heterocycles. The van der Waals surface area contributed by atoms with Gasteiger partial charge in [-0.25, -0.2) is 15.0 Å². The molecule has 23 heavy (non-hydrogen) atoms. The average Bonchev–Trinajstić information content (AvgIpc) is 3.12. The van der Waals surface area contributed by atoms with Gasteiger partial charge in [0.1, 0.15) is 17.9 Å². The molecule has 0 bridgehead atoms. The summed E-state index contributed by atoms with van der Waals surface area (Å²) in [5, 5.41) is 0.360. The molecule has 0 unspecified atom stereocenters. The molecular weight excluding hydrogens is 316 g/mol. The molecule has 0 spiro atoms. The third-order valence-corrected chi connectivity index (χ3v) is 5.22. The summed E-state index contributed by atoms with van der Waals surface area (Å²) in [4.78, 5) is 12.7. The maximum absolute atomic E-state index is 6.19. The molecule has 0 aromatic carbocycles. The van der Waals surface area contributed by atoms with Crippen molar-refractivity contribution in [2.45, 2.75) is 51.2 Å². The highest BCUT2D eigenvalue weighted by atomic mass is 35.5. The van der Waals surface area contributed by atoms with Gasteiger partial charge in [-0.2, -0.15) is 0 Å². The van der Waals surface area contributed by atoms with Crippen LogP contribution in [0, 0.1) is 5.41 Å². The van der Waals surface area contributed by atoms with E-state index in [1.165, 1.54) is 6.33 Å². The molecule has 1 saturated carbocycles. The van der Waals surface area contributed by atoms with Gasteiger partial charge in [-0.05, 0) is 20.3 Å². The van der Waals surface area contributed by atoms with E-state index in [1.807, 2.05) is 24.5 Å². The zero-order chi connectivity index (χ0) is 16.4. The van der Waals surface area contributed by atoms with Crippen LogP contribution in [0.3, 0.4) is 0 Å². The maximum Gasteiger partial charge on any atom is 0.165 e. The summed E-state index contributed by atoms with van der Waals surface area (Å²) >= 11 is 6.12. The predicted molar refractivity (Wildman–Crippen MR) is 86.1 cm³/mol. The van der Waals surface area contributed by atoms with E-state index in [9.17, 15) is 0 Å². The Kier molecular flexibility index (Phi) is 3.11. The number of hydrogen-bond donors (Lipinski definition) is 0. The van der Waals surface area contributed by atoms with Crippen LogP contribution in [0.25, 0.3) is 11.2 Å². The number of hydrogen-bond acceptors (Lipinski definition) is 5. The Morgan fingerprint density at radius 1 is 1.30 bits per heavy atom. The van der Waals surface area contributed by atoms with Crippen molar-refractivity contribution in [3.05, 3.63) is 30.5 Å². The third kappa shape index (κ3) is 2.12. The molecule has 4 atom stereocenters. The van der Waals surface area contributed by atoms with Crippen molar-refractivity contribution >= 4 is 22.8 Å². The van der Waals surface area contributed by atoms with Gasteiger partial charge in [0, 0.05) is 5.41 Å². The lowest BCUT2D eigenvalue weighted by Gasteiger charge is -2.28. The molecule has 0 amide bonds. The maximum atomic E-state index is 6.19. The fourth-order valence-corrected chi connectivity index (χ4v) is 3.96. The largest absolute Gasteiger partial charge is 0.344 e. The van der Waals surface area contributed by atoms with Gasteiger partial charge < -0.3 is 14.0 Å². The highest BCUT2D eigenvalue weighted by Crippen LogP contribution is 2.54. The minimum absolute atomic E-state index is 0.0465. The molecule has 4 rings (SSSR count). The minimum Gasteiger partial charge on any atom is -0.344 e. The summed E-state index contributed by atoms with van der Waals surface area (Å²) in [5.41, 5.74) is 1.16. The minimum atomic E-state index is -0.610. The van der Waals surface area contributed by atoms with Crippen molar-refractivity contribution in [2.75, 3.05) is 0 Å². The van der Waals surface area contributed by atoms with Crippen molar-refractivity contribution in [1.29, 1.82) is 0 Å². The van der Waals surface area contributed by atoms with Crippen LogP contribution in [0.15, 0.2) is 25.3 Å². The molecule has 2 aliphatic rings. The first kappa shape index (κ1) is 15.1. The van der Waals surface area contributed by atoms with Crippen molar-refractivity contribution in [1.82, 2.24) is 19.5 Å². The van der Waals surface area contributed by atoms with Gasteiger partial charge in [-0.15, -0.1) is 6.58 Å². The van der Waals surface area contributed by atoms with Gasteiger partial charge in [-0.3, -0.25) is 0 Å². The number of imidazole rings is 1. The molecule has 0 N–H and O–H groups in total. The van der Waals surface area contributed by atoms with E-state index in [2.05, 4.69) is 28.5 Å². The summed E-state index contributed by atoms with van der Waals surface area (Å²) in [6.07, 6.45) is 5.90. The number of halogens is 1. The molecule has 1 aliphatic heterocycles. The molecule has 122 valence electrons. The summed E-state index contributed by atoms with van der Waals surface area (Å²) in [6, 6.07) is 0.0562. The Hall–Kier alpha value is -1.50. The van der Waals surface area contributed by atoms with Crippen LogP contribution in [0.5, 0.6) is 0 Å². The number of fused-ring (bicyclic) bond motifs is 2. The molecule has 0 radical (unpaired) electrons. The van der Waals surface area contributed by atoms with E-state index < -0.39 is 5.79 Å². The van der Waals surface area contributed by atoms with Crippen molar-refractivity contribution in [2.24, 2.45) is 5.41 Å². The number of ether oxygens (including phenoxy) is 2. The van der Waals surface area contributed by atoms with E-state index in [4.69, 9.17) is 21.1 Å². The summed E-state index contributed by atoms with van der Waals surface area (Å²) in [6.45, 7) is 10.0. The third-order valence-electron chi connectivity index (χ3n) is 4.94. The lowest BCUT2D eigenvalue weighted by atomic mass is 9.86. The van der Waals surface area contributed by atoms with E-state index in [1.54, 1.807) is 6.33 Å². The average molecular weight is 335 g/mol. The van der Waals surface area contributed by atoms with Gasteiger partial charge in [0.2, 0.25) is 0 Å². The van der Waals surface area contributed by atoms with Gasteiger partial charge >= 0.3 is 0 Å². The zero-order valence-corrected chi connectivity index (χ0v) is 14.1. The van der Waals surface area contributed by atoms with Crippen LogP contribution in [0.4, 0.5) is 0 Å². The second kappa shape index (κ2) is 4.75. The van der Waals surface area contributed by atoms with E-state index in [0.717, 1.165) is 12.1 Å². The first-order valence-corrected chi connectivity index (χ1v) is 8.05. The fourth-order valence-electron chi connectivity index (χ4n) is 3.79. The van der Waals surface area contributed by atoms with Crippen LogP contribution in [0.1, 0.15) is 33.2 Å². The molecule has 3 heterocycles. The van der Waals surface area contributed by atoms with Gasteiger partial charge in [0.15, 0.2) is 16.6 Å². The molecule has 6 nitrogen and oxygen atoms in total. The fraction of sp³-hybridized carbons (Fsp3) is 0.562. The molecule has 7 heteroatoms. The van der Waals surface area contributed by atoms with E-state index >= 15 is 0 Å². The second-order valence-corrected chi connectivity index (χ2v) is 7.35. The normalized spacial score (nSPS) is 35.6. The molecule has 2 aromatic heterocycles. The highest BCUT2D eigenvalue weighted by Gasteiger charge is 2.59. The number of rotatable bonds is 2. The molecular formula is C16H19ClN4O2. The van der Waals surface area contributed by atoms with Crippen molar-refractivity contribution in [3.8, 4) is 0 Å². The standard InChI is InChI=1S/C16H19ClN4O2/c1-5-16(4)6-9(11-12(16)23-15(2,3)22-11)21-8-20-10-13(17)18-7-19-14(10)21/h5,7-9,11-12H,1,6H2,2-4H3/t9-,11+,12+,16+/m1/s1. The monoisotopic (exact) mass is 334 g/mol. The Bertz CT molecular complexity index is 789. The molecule has 2 aromatic rings. The first-order valence-electron chi connectivity index (χ1n) is 7.67. The van der Waals surface area contributed by atoms with E-state index in [0.29, 0.717) is 10.7 Å². The first-order chi connectivity index (χ1) is 10.8. The molecule has 2 fully saturated rings. The van der Waals surface area contributed by atoms with Gasteiger partial charge in [-0.1, -0.05) is 24.6 Å².